The minimum absolute atomic E-state index is 0.563. The van der Waals surface area contributed by atoms with E-state index < -0.39 is 0 Å². The van der Waals surface area contributed by atoms with Crippen molar-refractivity contribution in [3.8, 4) is 0 Å². The Labute approximate surface area is 155 Å². The molecule has 1 aliphatic heterocycles. The zero-order valence-electron chi connectivity index (χ0n) is 15.6. The number of aryl methyl sites for hydroxylation is 1. The first kappa shape index (κ1) is 17.0. The summed E-state index contributed by atoms with van der Waals surface area (Å²) in [6.07, 6.45) is 13.7. The molecular weight excluding hydrogens is 322 g/mol. The van der Waals surface area contributed by atoms with Gasteiger partial charge < -0.3 is 14.7 Å². The Morgan fingerprint density at radius 3 is 2.92 bits per heavy atom. The second-order valence-electron chi connectivity index (χ2n) is 7.34. The Kier molecular flexibility index (Phi) is 4.83. The molecule has 2 aromatic heterocycles. The van der Waals surface area contributed by atoms with E-state index in [4.69, 9.17) is 9.73 Å². The predicted molar refractivity (Wildman–Crippen MR) is 106 cm³/mol. The summed E-state index contributed by atoms with van der Waals surface area (Å²) < 4.78 is 5.59. The molecule has 4 nitrogen and oxygen atoms in total. The van der Waals surface area contributed by atoms with Gasteiger partial charge in [0.15, 0.2) is 0 Å². The normalized spacial score (nSPS) is 22.2. The molecule has 4 heteroatoms. The molecule has 1 unspecified atom stereocenters. The van der Waals surface area contributed by atoms with Gasteiger partial charge in [0.25, 0.3) is 0 Å². The molecule has 1 aliphatic carbocycles. The van der Waals surface area contributed by atoms with E-state index in [9.17, 15) is 0 Å². The molecule has 0 saturated heterocycles. The Bertz CT molecular complexity index is 852. The maximum atomic E-state index is 5.59. The fourth-order valence-corrected chi connectivity index (χ4v) is 3.93. The molecule has 0 spiro atoms. The Hall–Kier alpha value is -2.49. The molecule has 0 radical (unpaired) electrons. The van der Waals surface area contributed by atoms with E-state index in [0.717, 1.165) is 29.3 Å². The summed E-state index contributed by atoms with van der Waals surface area (Å²) >= 11 is 0. The molecule has 1 atom stereocenters. The largest absolute Gasteiger partial charge is 0.494 e. The maximum Gasteiger partial charge on any atom is 0.146 e. The lowest BCUT2D eigenvalue weighted by Gasteiger charge is -2.12. The van der Waals surface area contributed by atoms with Crippen LogP contribution in [0.4, 0.5) is 0 Å². The lowest BCUT2D eigenvalue weighted by molar-refractivity contribution is 0.303. The predicted octanol–water partition coefficient (Wildman–Crippen LogP) is 5.33. The van der Waals surface area contributed by atoms with Crippen molar-refractivity contribution in [2.75, 3.05) is 7.11 Å². The van der Waals surface area contributed by atoms with Crippen LogP contribution in [0, 0.1) is 0 Å². The smallest absolute Gasteiger partial charge is 0.146 e. The van der Waals surface area contributed by atoms with E-state index in [2.05, 4.69) is 29.0 Å². The average molecular weight is 349 g/mol. The Morgan fingerprint density at radius 2 is 2.12 bits per heavy atom. The molecule has 26 heavy (non-hydrogen) atoms. The topological polar surface area (TPSA) is 53.2 Å². The van der Waals surface area contributed by atoms with Crippen LogP contribution in [0.2, 0.25) is 0 Å². The van der Waals surface area contributed by atoms with Gasteiger partial charge >= 0.3 is 0 Å². The molecule has 0 aromatic carbocycles. The van der Waals surface area contributed by atoms with Crippen molar-refractivity contribution in [1.29, 1.82) is 0 Å². The SMILES string of the molecule is COC1=CC(c2ccc[nH]2)=NC1=Cc1[nH]c2cc1C(C)CCCCCC2. The highest BCUT2D eigenvalue weighted by molar-refractivity contribution is 6.11. The molecule has 2 N–H and O–H groups in total. The third-order valence-electron chi connectivity index (χ3n) is 5.44. The molecule has 2 aromatic rings. The zero-order chi connectivity index (χ0) is 17.9. The van der Waals surface area contributed by atoms with Crippen LogP contribution in [0.3, 0.4) is 0 Å². The highest BCUT2D eigenvalue weighted by Gasteiger charge is 2.20. The van der Waals surface area contributed by atoms with Crippen molar-refractivity contribution >= 4 is 11.8 Å². The van der Waals surface area contributed by atoms with E-state index >= 15 is 0 Å². The minimum Gasteiger partial charge on any atom is -0.494 e. The quantitative estimate of drug-likeness (QED) is 0.773. The Morgan fingerprint density at radius 1 is 1.23 bits per heavy atom. The number of fused-ring (bicyclic) bond motifs is 2. The maximum absolute atomic E-state index is 5.59. The van der Waals surface area contributed by atoms with Gasteiger partial charge in [-0.1, -0.05) is 26.2 Å². The second kappa shape index (κ2) is 7.40. The first-order chi connectivity index (χ1) is 12.7. The first-order valence-electron chi connectivity index (χ1n) is 9.66. The summed E-state index contributed by atoms with van der Waals surface area (Å²) in [6.45, 7) is 2.34. The van der Waals surface area contributed by atoms with E-state index in [1.165, 1.54) is 49.1 Å². The molecule has 2 bridgehead atoms. The van der Waals surface area contributed by atoms with Gasteiger partial charge in [-0.2, -0.15) is 0 Å². The van der Waals surface area contributed by atoms with E-state index in [0.29, 0.717) is 5.92 Å². The number of aliphatic imine (C=N–C) groups is 1. The van der Waals surface area contributed by atoms with Gasteiger partial charge in [0, 0.05) is 23.7 Å². The van der Waals surface area contributed by atoms with Gasteiger partial charge in [-0.05, 0) is 55.0 Å². The summed E-state index contributed by atoms with van der Waals surface area (Å²) in [6, 6.07) is 6.38. The van der Waals surface area contributed by atoms with Gasteiger partial charge in [0.2, 0.25) is 0 Å². The van der Waals surface area contributed by atoms with Crippen LogP contribution < -0.4 is 0 Å². The fourth-order valence-electron chi connectivity index (χ4n) is 3.93. The molecule has 0 amide bonds. The number of aromatic amines is 2. The standard InChI is InChI=1S/C22H27N3O/c1-15-8-5-3-4-6-9-16-12-17(15)19(24-16)13-21-22(26-2)14-20(25-21)18-10-7-11-23-18/h7,10-15,23-24H,3-6,8-9H2,1-2H3. The van der Waals surface area contributed by atoms with Crippen molar-refractivity contribution in [1.82, 2.24) is 9.97 Å². The van der Waals surface area contributed by atoms with Gasteiger partial charge in [0.05, 0.1) is 18.5 Å². The van der Waals surface area contributed by atoms with E-state index in [-0.39, 0.29) is 0 Å². The second-order valence-corrected chi connectivity index (χ2v) is 7.34. The number of aromatic nitrogens is 2. The highest BCUT2D eigenvalue weighted by atomic mass is 16.5. The van der Waals surface area contributed by atoms with Gasteiger partial charge in [-0.15, -0.1) is 0 Å². The summed E-state index contributed by atoms with van der Waals surface area (Å²) in [4.78, 5) is 11.7. The number of hydrogen-bond acceptors (Lipinski definition) is 2. The summed E-state index contributed by atoms with van der Waals surface area (Å²) in [7, 11) is 1.71. The van der Waals surface area contributed by atoms with Crippen LogP contribution >= 0.6 is 0 Å². The highest BCUT2D eigenvalue weighted by Crippen LogP contribution is 2.32. The summed E-state index contributed by atoms with van der Waals surface area (Å²) in [5, 5.41) is 0. The summed E-state index contributed by atoms with van der Waals surface area (Å²) in [5.74, 6) is 1.38. The monoisotopic (exact) mass is 349 g/mol. The van der Waals surface area contributed by atoms with Crippen LogP contribution in [0.25, 0.3) is 6.08 Å². The van der Waals surface area contributed by atoms with Crippen LogP contribution in [0.5, 0.6) is 0 Å². The van der Waals surface area contributed by atoms with Gasteiger partial charge in [0.1, 0.15) is 11.5 Å². The van der Waals surface area contributed by atoms with E-state index in [1.54, 1.807) is 7.11 Å². The fraction of sp³-hybridized carbons (Fsp3) is 0.409. The van der Waals surface area contributed by atoms with Crippen molar-refractivity contribution < 1.29 is 4.74 Å². The van der Waals surface area contributed by atoms with Crippen LogP contribution in [0.15, 0.2) is 46.9 Å². The number of hydrogen-bond donors (Lipinski definition) is 2. The van der Waals surface area contributed by atoms with Crippen molar-refractivity contribution in [2.24, 2.45) is 4.99 Å². The molecule has 2 aliphatic rings. The lowest BCUT2D eigenvalue weighted by Crippen LogP contribution is -1.96. The zero-order valence-corrected chi connectivity index (χ0v) is 15.6. The molecule has 0 saturated carbocycles. The van der Waals surface area contributed by atoms with Crippen molar-refractivity contribution in [3.63, 3.8) is 0 Å². The van der Waals surface area contributed by atoms with Crippen LogP contribution in [-0.4, -0.2) is 22.8 Å². The molecule has 4 rings (SSSR count). The van der Waals surface area contributed by atoms with Gasteiger partial charge in [-0.25, -0.2) is 4.99 Å². The number of allylic oxidation sites excluding steroid dienone is 1. The van der Waals surface area contributed by atoms with Crippen molar-refractivity contribution in [3.05, 3.63) is 64.6 Å². The van der Waals surface area contributed by atoms with Crippen LogP contribution in [0.1, 0.15) is 67.6 Å². The third kappa shape index (κ3) is 3.41. The molecule has 0 fully saturated rings. The molecule has 3 heterocycles. The Balaban J connectivity index is 1.71. The number of nitrogens with one attached hydrogen (secondary N) is 2. The lowest BCUT2D eigenvalue weighted by atomic mass is 9.93. The number of rotatable bonds is 3. The average Bonchev–Trinajstić information content (AvgIpc) is 3.37. The minimum atomic E-state index is 0.563. The van der Waals surface area contributed by atoms with Gasteiger partial charge in [-0.3, -0.25) is 0 Å². The van der Waals surface area contributed by atoms with E-state index in [1.807, 2.05) is 24.4 Å². The number of ether oxygens (including phenoxy) is 1. The molecular formula is C22H27N3O. The number of nitrogens with zero attached hydrogens (tertiary/aromatic N) is 1. The first-order valence-corrected chi connectivity index (χ1v) is 9.66. The summed E-state index contributed by atoms with van der Waals surface area (Å²) in [5.41, 5.74) is 6.74. The molecule has 136 valence electrons. The third-order valence-corrected chi connectivity index (χ3v) is 5.44. The number of methoxy groups -OCH3 is 1. The number of H-pyrrole nitrogens is 2. The van der Waals surface area contributed by atoms with Crippen LogP contribution in [-0.2, 0) is 11.2 Å². The van der Waals surface area contributed by atoms with Crippen molar-refractivity contribution in [2.45, 2.75) is 51.4 Å².